The van der Waals surface area contributed by atoms with E-state index in [1.54, 1.807) is 12.1 Å². The van der Waals surface area contributed by atoms with Gasteiger partial charge in [-0.3, -0.25) is 14.7 Å². The standard InChI is InChI=1S/C25H23N3O4/c1-25(2)12-17-20(18(29)13-25)19(14-8-10-15(11-9-14)24(31)32)21-22(26-17)27-28(23(21)30)16-6-4-3-5-7-16/h3-11,19,26-27H,12-13H2,1-2H3,(H,31,32). The van der Waals surface area contributed by atoms with Gasteiger partial charge in [-0.1, -0.05) is 44.2 Å². The van der Waals surface area contributed by atoms with Gasteiger partial charge in [0.2, 0.25) is 0 Å². The molecule has 0 saturated heterocycles. The van der Waals surface area contributed by atoms with Crippen LogP contribution < -0.4 is 10.9 Å². The fraction of sp³-hybridized carbons (Fsp3) is 0.240. The Kier molecular flexibility index (Phi) is 4.44. The zero-order valence-corrected chi connectivity index (χ0v) is 17.8. The molecule has 1 unspecified atom stereocenters. The third kappa shape index (κ3) is 3.17. The van der Waals surface area contributed by atoms with E-state index in [4.69, 9.17) is 0 Å². The molecule has 1 aliphatic carbocycles. The van der Waals surface area contributed by atoms with E-state index in [1.807, 2.05) is 30.3 Å². The van der Waals surface area contributed by atoms with Crippen molar-refractivity contribution in [1.29, 1.82) is 0 Å². The second-order valence-electron chi connectivity index (χ2n) is 9.19. The molecule has 7 nitrogen and oxygen atoms in total. The quantitative estimate of drug-likeness (QED) is 0.582. The molecule has 2 heterocycles. The summed E-state index contributed by atoms with van der Waals surface area (Å²) in [6.45, 7) is 4.11. The van der Waals surface area contributed by atoms with Gasteiger partial charge in [0.1, 0.15) is 5.82 Å². The monoisotopic (exact) mass is 429 g/mol. The molecule has 7 heteroatoms. The normalized spacial score (nSPS) is 19.2. The first-order valence-electron chi connectivity index (χ1n) is 10.5. The lowest BCUT2D eigenvalue weighted by atomic mass is 9.69. The maximum atomic E-state index is 13.5. The molecule has 0 bridgehead atoms. The molecule has 5 rings (SSSR count). The van der Waals surface area contributed by atoms with Gasteiger partial charge in [-0.2, -0.15) is 0 Å². The minimum absolute atomic E-state index is 0.00794. The number of nitrogens with one attached hydrogen (secondary N) is 2. The number of carbonyl (C=O) groups is 2. The number of aromatic amines is 1. The number of H-pyrrole nitrogens is 1. The van der Waals surface area contributed by atoms with E-state index in [9.17, 15) is 19.5 Å². The Balaban J connectivity index is 1.73. The topological polar surface area (TPSA) is 104 Å². The molecular weight excluding hydrogens is 406 g/mol. The summed E-state index contributed by atoms with van der Waals surface area (Å²) in [6, 6.07) is 15.7. The van der Waals surface area contributed by atoms with Gasteiger partial charge in [0, 0.05) is 23.6 Å². The predicted molar refractivity (Wildman–Crippen MR) is 120 cm³/mol. The van der Waals surface area contributed by atoms with Crippen LogP contribution in [0, 0.1) is 5.41 Å². The van der Waals surface area contributed by atoms with Crippen LogP contribution in [-0.2, 0) is 4.79 Å². The van der Waals surface area contributed by atoms with Crippen LogP contribution in [-0.4, -0.2) is 26.6 Å². The average Bonchev–Trinajstić information content (AvgIpc) is 3.08. The van der Waals surface area contributed by atoms with Gasteiger partial charge in [0.25, 0.3) is 5.56 Å². The zero-order valence-electron chi connectivity index (χ0n) is 17.8. The average molecular weight is 429 g/mol. The van der Waals surface area contributed by atoms with Crippen LogP contribution in [0.25, 0.3) is 5.69 Å². The fourth-order valence-corrected chi connectivity index (χ4v) is 4.80. The Morgan fingerprint density at radius 2 is 1.72 bits per heavy atom. The largest absolute Gasteiger partial charge is 0.478 e. The highest BCUT2D eigenvalue weighted by Gasteiger charge is 2.42. The molecule has 2 aromatic carbocycles. The number of hydrogen-bond donors (Lipinski definition) is 3. The second-order valence-corrected chi connectivity index (χ2v) is 9.19. The van der Waals surface area contributed by atoms with Gasteiger partial charge in [-0.05, 0) is 41.7 Å². The third-order valence-electron chi connectivity index (χ3n) is 6.21. The highest BCUT2D eigenvalue weighted by atomic mass is 16.4. The number of Topliss-reactive ketones (excluding diaryl/α,β-unsaturated/α-hetero) is 1. The SMILES string of the molecule is CC1(C)CC(=O)C2=C(C1)Nc1[nH]n(-c3ccccc3)c(=O)c1C2c1ccc(C(=O)O)cc1. The minimum atomic E-state index is -1.02. The molecule has 0 spiro atoms. The molecule has 162 valence electrons. The minimum Gasteiger partial charge on any atom is -0.478 e. The lowest BCUT2D eigenvalue weighted by Crippen LogP contribution is -2.35. The van der Waals surface area contributed by atoms with Crippen molar-refractivity contribution in [3.05, 3.63) is 92.9 Å². The first-order valence-corrected chi connectivity index (χ1v) is 10.5. The van der Waals surface area contributed by atoms with Gasteiger partial charge in [0.05, 0.1) is 16.8 Å². The highest BCUT2D eigenvalue weighted by molar-refractivity contribution is 6.01. The number of fused-ring (bicyclic) bond motifs is 1. The maximum absolute atomic E-state index is 13.5. The van der Waals surface area contributed by atoms with Crippen LogP contribution in [0.2, 0.25) is 0 Å². The molecule has 2 aliphatic rings. The molecule has 3 N–H and O–H groups in total. The Labute approximate surface area is 184 Å². The number of benzene rings is 2. The summed E-state index contributed by atoms with van der Waals surface area (Å²) in [6.07, 6.45) is 1.07. The summed E-state index contributed by atoms with van der Waals surface area (Å²) < 4.78 is 1.48. The van der Waals surface area contributed by atoms with Crippen molar-refractivity contribution in [2.75, 3.05) is 5.32 Å². The van der Waals surface area contributed by atoms with Gasteiger partial charge >= 0.3 is 5.97 Å². The molecule has 0 amide bonds. The Morgan fingerprint density at radius 1 is 1.03 bits per heavy atom. The van der Waals surface area contributed by atoms with Gasteiger partial charge in [-0.15, -0.1) is 0 Å². The maximum Gasteiger partial charge on any atom is 0.335 e. The van der Waals surface area contributed by atoms with Crippen molar-refractivity contribution < 1.29 is 14.7 Å². The van der Waals surface area contributed by atoms with E-state index in [0.29, 0.717) is 35.5 Å². The number of allylic oxidation sites excluding steroid dienone is 2. The number of hydrogen-bond acceptors (Lipinski definition) is 4. The zero-order chi connectivity index (χ0) is 22.6. The van der Waals surface area contributed by atoms with Gasteiger partial charge in [0.15, 0.2) is 5.78 Å². The van der Waals surface area contributed by atoms with Crippen LogP contribution >= 0.6 is 0 Å². The van der Waals surface area contributed by atoms with Crippen LogP contribution in [0.15, 0.2) is 70.7 Å². The molecule has 1 aliphatic heterocycles. The number of rotatable bonds is 3. The van der Waals surface area contributed by atoms with Crippen molar-refractivity contribution in [2.24, 2.45) is 5.41 Å². The first-order chi connectivity index (χ1) is 15.2. The third-order valence-corrected chi connectivity index (χ3v) is 6.21. The molecule has 1 atom stereocenters. The fourth-order valence-electron chi connectivity index (χ4n) is 4.80. The Morgan fingerprint density at radius 3 is 2.38 bits per heavy atom. The first kappa shape index (κ1) is 20.1. The predicted octanol–water partition coefficient (Wildman–Crippen LogP) is 4.06. The van der Waals surface area contributed by atoms with E-state index in [0.717, 1.165) is 11.3 Å². The number of carboxylic acids is 1. The van der Waals surface area contributed by atoms with E-state index in [-0.39, 0.29) is 22.3 Å². The van der Waals surface area contributed by atoms with Crippen molar-refractivity contribution in [3.63, 3.8) is 0 Å². The Bertz CT molecular complexity index is 1330. The van der Waals surface area contributed by atoms with Crippen molar-refractivity contribution in [1.82, 2.24) is 9.78 Å². The lowest BCUT2D eigenvalue weighted by Gasteiger charge is -2.37. The van der Waals surface area contributed by atoms with Crippen LogP contribution in [0.4, 0.5) is 5.82 Å². The summed E-state index contributed by atoms with van der Waals surface area (Å²) in [5, 5.41) is 15.8. The van der Waals surface area contributed by atoms with E-state index in [2.05, 4.69) is 24.3 Å². The highest BCUT2D eigenvalue weighted by Crippen LogP contribution is 2.47. The summed E-state index contributed by atoms with van der Waals surface area (Å²) in [5.41, 5.74) is 3.00. The van der Waals surface area contributed by atoms with E-state index in [1.165, 1.54) is 16.8 Å². The number of para-hydroxylation sites is 1. The van der Waals surface area contributed by atoms with Crippen LogP contribution in [0.1, 0.15) is 54.1 Å². The van der Waals surface area contributed by atoms with E-state index < -0.39 is 11.9 Å². The van der Waals surface area contributed by atoms with Crippen molar-refractivity contribution >= 4 is 17.6 Å². The van der Waals surface area contributed by atoms with Crippen molar-refractivity contribution in [3.8, 4) is 5.69 Å². The number of anilines is 1. The van der Waals surface area contributed by atoms with Crippen LogP contribution in [0.3, 0.4) is 0 Å². The van der Waals surface area contributed by atoms with E-state index >= 15 is 0 Å². The molecule has 1 aromatic heterocycles. The summed E-state index contributed by atoms with van der Waals surface area (Å²) in [5.74, 6) is -1.02. The molecule has 0 radical (unpaired) electrons. The van der Waals surface area contributed by atoms with Gasteiger partial charge in [-0.25, -0.2) is 9.48 Å². The van der Waals surface area contributed by atoms with Crippen LogP contribution in [0.5, 0.6) is 0 Å². The number of aromatic carboxylic acids is 1. The second kappa shape index (κ2) is 7.09. The number of carboxylic acid groups (broad SMARTS) is 1. The summed E-state index contributed by atoms with van der Waals surface area (Å²) in [7, 11) is 0. The van der Waals surface area contributed by atoms with Crippen molar-refractivity contribution in [2.45, 2.75) is 32.6 Å². The number of nitrogens with zero attached hydrogens (tertiary/aromatic N) is 1. The lowest BCUT2D eigenvalue weighted by molar-refractivity contribution is -0.118. The number of ketones is 1. The summed E-state index contributed by atoms with van der Waals surface area (Å²) >= 11 is 0. The Hall–Kier alpha value is -3.87. The molecule has 3 aromatic rings. The number of aromatic nitrogens is 2. The van der Waals surface area contributed by atoms with Gasteiger partial charge < -0.3 is 10.4 Å². The summed E-state index contributed by atoms with van der Waals surface area (Å²) in [4.78, 5) is 38.2. The smallest absolute Gasteiger partial charge is 0.335 e. The molecular formula is C25H23N3O4. The number of carbonyl (C=O) groups excluding carboxylic acids is 1. The molecule has 0 fully saturated rings. The molecule has 32 heavy (non-hydrogen) atoms. The molecule has 0 saturated carbocycles.